The van der Waals surface area contributed by atoms with Crippen LogP contribution < -0.4 is 5.73 Å². The van der Waals surface area contributed by atoms with Crippen molar-refractivity contribution in [3.05, 3.63) is 48.4 Å². The molecule has 0 fully saturated rings. The van der Waals surface area contributed by atoms with Gasteiger partial charge < -0.3 is 10.3 Å². The van der Waals surface area contributed by atoms with Crippen LogP contribution in [0.2, 0.25) is 0 Å². The van der Waals surface area contributed by atoms with Crippen molar-refractivity contribution in [2.45, 2.75) is 26.3 Å². The molecule has 0 aliphatic carbocycles. The number of benzene rings is 1. The number of fused-ring (bicyclic) bond motifs is 1. The maximum absolute atomic E-state index is 5.58. The number of nitrogens with two attached hydrogens (primary N) is 1. The molecule has 0 bridgehead atoms. The molecule has 0 unspecified atom stereocenters. The first-order chi connectivity index (χ1) is 10.3. The second kappa shape index (κ2) is 8.87. The lowest BCUT2D eigenvalue weighted by atomic mass is 10.0. The van der Waals surface area contributed by atoms with Crippen molar-refractivity contribution in [1.82, 2.24) is 14.5 Å². The Bertz CT molecular complexity index is 755. The van der Waals surface area contributed by atoms with E-state index in [1.807, 2.05) is 24.7 Å². The lowest BCUT2D eigenvalue weighted by Gasteiger charge is -2.11. The monoisotopic (exact) mass is 352 g/mol. The first-order valence-corrected chi connectivity index (χ1v) is 7.37. The van der Waals surface area contributed by atoms with E-state index in [1.54, 1.807) is 0 Å². The summed E-state index contributed by atoms with van der Waals surface area (Å²) in [4.78, 5) is 9.05. The second-order valence-electron chi connectivity index (χ2n) is 5.27. The highest BCUT2D eigenvalue weighted by molar-refractivity contribution is 5.94. The molecular formula is C17H22Cl2N4. The first kappa shape index (κ1) is 19.4. The summed E-state index contributed by atoms with van der Waals surface area (Å²) in [6.45, 7) is 3.77. The predicted octanol–water partition coefficient (Wildman–Crippen LogP) is 3.99. The highest BCUT2D eigenvalue weighted by atomic mass is 35.5. The number of aromatic nitrogens is 3. The van der Waals surface area contributed by atoms with Crippen LogP contribution in [0.4, 0.5) is 0 Å². The minimum absolute atomic E-state index is 0. The van der Waals surface area contributed by atoms with Crippen LogP contribution in [0.15, 0.2) is 42.9 Å². The summed E-state index contributed by atoms with van der Waals surface area (Å²) in [5.74, 6) is 1.00. The third kappa shape index (κ3) is 4.02. The summed E-state index contributed by atoms with van der Waals surface area (Å²) in [5, 5.41) is 1.16. The summed E-state index contributed by atoms with van der Waals surface area (Å²) < 4.78 is 2.20. The fourth-order valence-corrected chi connectivity index (χ4v) is 2.67. The van der Waals surface area contributed by atoms with Gasteiger partial charge in [-0.3, -0.25) is 4.98 Å². The minimum Gasteiger partial charge on any atom is -0.331 e. The van der Waals surface area contributed by atoms with Crippen LogP contribution in [-0.4, -0.2) is 21.1 Å². The van der Waals surface area contributed by atoms with Crippen molar-refractivity contribution >= 4 is 35.7 Å². The highest BCUT2D eigenvalue weighted by Gasteiger charge is 2.11. The van der Waals surface area contributed by atoms with Gasteiger partial charge in [-0.25, -0.2) is 4.98 Å². The molecule has 0 spiro atoms. The Morgan fingerprint density at radius 3 is 2.65 bits per heavy atom. The average Bonchev–Trinajstić information content (AvgIpc) is 2.97. The number of hydrogen-bond donors (Lipinski definition) is 1. The molecule has 0 aliphatic heterocycles. The quantitative estimate of drug-likeness (QED) is 0.706. The third-order valence-electron chi connectivity index (χ3n) is 3.78. The van der Waals surface area contributed by atoms with Gasteiger partial charge in [-0.15, -0.1) is 24.8 Å². The van der Waals surface area contributed by atoms with Gasteiger partial charge in [0.15, 0.2) is 0 Å². The average molecular weight is 353 g/mol. The van der Waals surface area contributed by atoms with E-state index in [9.17, 15) is 0 Å². The summed E-state index contributed by atoms with van der Waals surface area (Å²) >= 11 is 0. The normalized spacial score (nSPS) is 10.2. The summed E-state index contributed by atoms with van der Waals surface area (Å²) in [5.41, 5.74) is 8.95. The van der Waals surface area contributed by atoms with Crippen molar-refractivity contribution in [2.75, 3.05) is 6.54 Å². The largest absolute Gasteiger partial charge is 0.331 e. The molecule has 0 aliphatic rings. The van der Waals surface area contributed by atoms with Crippen LogP contribution in [0.25, 0.3) is 22.3 Å². The molecule has 0 saturated carbocycles. The Morgan fingerprint density at radius 2 is 1.87 bits per heavy atom. The Kier molecular flexibility index (Phi) is 7.49. The molecule has 2 aromatic heterocycles. The van der Waals surface area contributed by atoms with Gasteiger partial charge in [0, 0.05) is 36.1 Å². The number of imidazole rings is 1. The lowest BCUT2D eigenvalue weighted by molar-refractivity contribution is 0.619. The Labute approximate surface area is 148 Å². The predicted molar refractivity (Wildman–Crippen MR) is 100 cm³/mol. The summed E-state index contributed by atoms with van der Waals surface area (Å²) in [6, 6.07) is 8.35. The number of pyridine rings is 1. The van der Waals surface area contributed by atoms with E-state index in [0.717, 1.165) is 48.2 Å². The van der Waals surface area contributed by atoms with Gasteiger partial charge in [0.25, 0.3) is 0 Å². The SMILES string of the molecule is Cc1ccc(-c2nccn2CCCCN)c2cccnc12.Cl.Cl. The van der Waals surface area contributed by atoms with E-state index in [1.165, 1.54) is 5.56 Å². The molecule has 3 aromatic rings. The van der Waals surface area contributed by atoms with E-state index < -0.39 is 0 Å². The second-order valence-corrected chi connectivity index (χ2v) is 5.27. The first-order valence-electron chi connectivity index (χ1n) is 7.37. The zero-order valence-corrected chi connectivity index (χ0v) is 14.7. The number of nitrogens with zero attached hydrogens (tertiary/aromatic N) is 3. The van der Waals surface area contributed by atoms with Gasteiger partial charge in [0.1, 0.15) is 5.82 Å². The zero-order chi connectivity index (χ0) is 14.7. The van der Waals surface area contributed by atoms with Crippen molar-refractivity contribution < 1.29 is 0 Å². The van der Waals surface area contributed by atoms with E-state index in [2.05, 4.69) is 39.7 Å². The van der Waals surface area contributed by atoms with Crippen LogP contribution in [0, 0.1) is 6.92 Å². The molecule has 2 heterocycles. The van der Waals surface area contributed by atoms with Gasteiger partial charge in [-0.05, 0) is 37.9 Å². The van der Waals surface area contributed by atoms with Gasteiger partial charge in [-0.1, -0.05) is 18.2 Å². The Balaban J connectivity index is 0.00000132. The number of rotatable bonds is 5. The number of aryl methyl sites for hydroxylation is 2. The molecule has 1 aromatic carbocycles. The van der Waals surface area contributed by atoms with E-state index >= 15 is 0 Å². The molecular weight excluding hydrogens is 331 g/mol. The van der Waals surface area contributed by atoms with Crippen LogP contribution in [0.3, 0.4) is 0 Å². The van der Waals surface area contributed by atoms with Crippen LogP contribution in [0.5, 0.6) is 0 Å². The number of unbranched alkanes of at least 4 members (excludes halogenated alkanes) is 1. The fourth-order valence-electron chi connectivity index (χ4n) is 2.67. The maximum Gasteiger partial charge on any atom is 0.140 e. The van der Waals surface area contributed by atoms with Gasteiger partial charge in [0.05, 0.1) is 5.52 Å². The maximum atomic E-state index is 5.58. The molecule has 124 valence electrons. The Hall–Kier alpha value is -1.62. The van der Waals surface area contributed by atoms with Gasteiger partial charge in [-0.2, -0.15) is 0 Å². The molecule has 0 atom stereocenters. The lowest BCUT2D eigenvalue weighted by Crippen LogP contribution is -2.04. The molecule has 6 heteroatoms. The molecule has 2 N–H and O–H groups in total. The van der Waals surface area contributed by atoms with E-state index in [0.29, 0.717) is 0 Å². The fraction of sp³-hybridized carbons (Fsp3) is 0.294. The van der Waals surface area contributed by atoms with Crippen molar-refractivity contribution in [3.63, 3.8) is 0 Å². The van der Waals surface area contributed by atoms with E-state index in [-0.39, 0.29) is 24.8 Å². The zero-order valence-electron chi connectivity index (χ0n) is 13.1. The standard InChI is InChI=1S/C17H20N4.2ClH/c1-13-6-7-15(14-5-4-9-19-16(13)14)17-20-10-12-21(17)11-3-2-8-18;;/h4-7,9-10,12H,2-3,8,11,18H2,1H3;2*1H. The Morgan fingerprint density at radius 1 is 1.04 bits per heavy atom. The van der Waals surface area contributed by atoms with Crippen molar-refractivity contribution in [3.8, 4) is 11.4 Å². The molecule has 0 amide bonds. The van der Waals surface area contributed by atoms with Gasteiger partial charge in [0.2, 0.25) is 0 Å². The topological polar surface area (TPSA) is 56.7 Å². The third-order valence-corrected chi connectivity index (χ3v) is 3.78. The number of halogens is 2. The van der Waals surface area contributed by atoms with Crippen LogP contribution in [0.1, 0.15) is 18.4 Å². The molecule has 0 radical (unpaired) electrons. The number of hydrogen-bond acceptors (Lipinski definition) is 3. The summed E-state index contributed by atoms with van der Waals surface area (Å²) in [6.07, 6.45) is 7.84. The van der Waals surface area contributed by atoms with Crippen LogP contribution in [-0.2, 0) is 6.54 Å². The molecule has 23 heavy (non-hydrogen) atoms. The molecule has 4 nitrogen and oxygen atoms in total. The van der Waals surface area contributed by atoms with Crippen LogP contribution >= 0.6 is 24.8 Å². The van der Waals surface area contributed by atoms with Crippen molar-refractivity contribution in [1.29, 1.82) is 0 Å². The smallest absolute Gasteiger partial charge is 0.140 e. The highest BCUT2D eigenvalue weighted by Crippen LogP contribution is 2.28. The van der Waals surface area contributed by atoms with Crippen molar-refractivity contribution in [2.24, 2.45) is 5.73 Å². The molecule has 0 saturated heterocycles. The molecule has 3 rings (SSSR count). The minimum atomic E-state index is 0. The summed E-state index contributed by atoms with van der Waals surface area (Å²) in [7, 11) is 0. The van der Waals surface area contributed by atoms with E-state index in [4.69, 9.17) is 5.73 Å². The van der Waals surface area contributed by atoms with Gasteiger partial charge >= 0.3 is 0 Å².